The highest BCUT2D eigenvalue weighted by Gasteiger charge is 2.11. The van der Waals surface area contributed by atoms with Gasteiger partial charge in [0.25, 0.3) is 11.2 Å². The Bertz CT molecular complexity index is 612. The predicted molar refractivity (Wildman–Crippen MR) is 64.1 cm³/mol. The highest BCUT2D eigenvalue weighted by Crippen LogP contribution is 2.16. The summed E-state index contributed by atoms with van der Waals surface area (Å²) < 4.78 is 1.50. The molecule has 17 heavy (non-hydrogen) atoms. The zero-order valence-corrected chi connectivity index (χ0v) is 9.47. The second-order valence-electron chi connectivity index (χ2n) is 3.91. The van der Waals surface area contributed by atoms with Crippen molar-refractivity contribution in [3.05, 3.63) is 38.7 Å². The standard InChI is InChI=1S/C11H13N3O3/c1-2-3-6-13-11(15)9-7-8(14(16)17)4-5-10(9)12-13/h4-5,7,12H,2-3,6H2,1H3. The number of nitro benzene ring substituents is 1. The molecule has 1 N–H and O–H groups in total. The molecule has 6 nitrogen and oxygen atoms in total. The summed E-state index contributed by atoms with van der Waals surface area (Å²) in [6, 6.07) is 4.27. The number of rotatable bonds is 4. The molecule has 0 spiro atoms. The van der Waals surface area contributed by atoms with Gasteiger partial charge in [-0.25, -0.2) is 0 Å². The molecule has 1 aromatic heterocycles. The quantitative estimate of drug-likeness (QED) is 0.650. The lowest BCUT2D eigenvalue weighted by molar-refractivity contribution is -0.384. The van der Waals surface area contributed by atoms with E-state index in [9.17, 15) is 14.9 Å². The predicted octanol–water partition coefficient (Wildman–Crippen LogP) is 2.04. The maximum Gasteiger partial charge on any atom is 0.274 e. The lowest BCUT2D eigenvalue weighted by Gasteiger charge is -1.97. The third kappa shape index (κ3) is 2.06. The topological polar surface area (TPSA) is 80.9 Å². The van der Waals surface area contributed by atoms with Crippen LogP contribution in [0.15, 0.2) is 23.0 Å². The number of H-pyrrole nitrogens is 1. The molecule has 90 valence electrons. The average Bonchev–Trinajstić information content (AvgIpc) is 2.63. The van der Waals surface area contributed by atoms with Crippen molar-refractivity contribution in [2.75, 3.05) is 0 Å². The minimum atomic E-state index is -0.498. The van der Waals surface area contributed by atoms with Crippen LogP contribution >= 0.6 is 0 Å². The van der Waals surface area contributed by atoms with E-state index in [4.69, 9.17) is 0 Å². The molecule has 6 heteroatoms. The van der Waals surface area contributed by atoms with Crippen LogP contribution in [-0.2, 0) is 6.54 Å². The number of aromatic amines is 1. The van der Waals surface area contributed by atoms with Crippen LogP contribution in [0.3, 0.4) is 0 Å². The number of unbranched alkanes of at least 4 members (excludes halogenated alkanes) is 1. The molecule has 0 aliphatic heterocycles. The van der Waals surface area contributed by atoms with E-state index in [2.05, 4.69) is 5.10 Å². The molecular weight excluding hydrogens is 222 g/mol. The van der Waals surface area contributed by atoms with E-state index >= 15 is 0 Å². The van der Waals surface area contributed by atoms with Gasteiger partial charge in [-0.1, -0.05) is 13.3 Å². The van der Waals surface area contributed by atoms with Crippen molar-refractivity contribution in [3.8, 4) is 0 Å². The number of nitro groups is 1. The molecule has 0 amide bonds. The van der Waals surface area contributed by atoms with E-state index < -0.39 is 4.92 Å². The first kappa shape index (κ1) is 11.4. The normalized spacial score (nSPS) is 10.9. The number of nitrogens with one attached hydrogen (secondary N) is 1. The molecule has 0 atom stereocenters. The Morgan fingerprint density at radius 3 is 2.88 bits per heavy atom. The number of non-ortho nitro benzene ring substituents is 1. The first-order valence-corrected chi connectivity index (χ1v) is 5.50. The summed E-state index contributed by atoms with van der Waals surface area (Å²) in [5.74, 6) is 0. The highest BCUT2D eigenvalue weighted by atomic mass is 16.6. The Kier molecular flexibility index (Phi) is 2.95. The number of hydrogen-bond acceptors (Lipinski definition) is 3. The van der Waals surface area contributed by atoms with Gasteiger partial charge in [-0.2, -0.15) is 0 Å². The van der Waals surface area contributed by atoms with Crippen LogP contribution in [0.25, 0.3) is 10.9 Å². The second-order valence-corrected chi connectivity index (χ2v) is 3.91. The van der Waals surface area contributed by atoms with Crippen LogP contribution in [0.4, 0.5) is 5.69 Å². The van der Waals surface area contributed by atoms with Crippen LogP contribution in [0.5, 0.6) is 0 Å². The monoisotopic (exact) mass is 235 g/mol. The van der Waals surface area contributed by atoms with Crippen molar-refractivity contribution in [2.24, 2.45) is 0 Å². The fourth-order valence-corrected chi connectivity index (χ4v) is 1.74. The molecule has 0 bridgehead atoms. The molecule has 0 aliphatic carbocycles. The zero-order valence-electron chi connectivity index (χ0n) is 9.47. The smallest absolute Gasteiger partial charge is 0.274 e. The minimum absolute atomic E-state index is 0.0590. The van der Waals surface area contributed by atoms with Gasteiger partial charge in [-0.15, -0.1) is 0 Å². The van der Waals surface area contributed by atoms with Gasteiger partial charge >= 0.3 is 0 Å². The second kappa shape index (κ2) is 4.40. The number of nitrogens with zero attached hydrogens (tertiary/aromatic N) is 2. The Morgan fingerprint density at radius 1 is 1.47 bits per heavy atom. The highest BCUT2D eigenvalue weighted by molar-refractivity contribution is 5.80. The summed E-state index contributed by atoms with van der Waals surface area (Å²) >= 11 is 0. The molecule has 0 fully saturated rings. The number of aryl methyl sites for hydroxylation is 1. The van der Waals surface area contributed by atoms with Crippen LogP contribution in [-0.4, -0.2) is 14.7 Å². The van der Waals surface area contributed by atoms with Crippen molar-refractivity contribution in [1.29, 1.82) is 0 Å². The Labute approximate surface area is 97.0 Å². The summed E-state index contributed by atoms with van der Waals surface area (Å²) in [5.41, 5.74) is 0.380. The van der Waals surface area contributed by atoms with E-state index in [0.29, 0.717) is 17.4 Å². The van der Waals surface area contributed by atoms with Crippen molar-refractivity contribution in [2.45, 2.75) is 26.3 Å². The van der Waals surface area contributed by atoms with Crippen molar-refractivity contribution in [3.63, 3.8) is 0 Å². The first-order chi connectivity index (χ1) is 8.13. The number of aromatic nitrogens is 2. The number of benzene rings is 1. The van der Waals surface area contributed by atoms with Crippen LogP contribution in [0.1, 0.15) is 19.8 Å². The van der Waals surface area contributed by atoms with Crippen LogP contribution < -0.4 is 5.56 Å². The van der Waals surface area contributed by atoms with E-state index in [1.54, 1.807) is 6.07 Å². The van der Waals surface area contributed by atoms with Crippen molar-refractivity contribution < 1.29 is 4.92 Å². The third-order valence-corrected chi connectivity index (χ3v) is 2.68. The molecule has 0 saturated carbocycles. The van der Waals surface area contributed by atoms with Gasteiger partial charge in [0, 0.05) is 18.7 Å². The maximum absolute atomic E-state index is 11.9. The Hall–Kier alpha value is -2.11. The molecule has 0 aliphatic rings. The third-order valence-electron chi connectivity index (χ3n) is 2.68. The van der Waals surface area contributed by atoms with Crippen molar-refractivity contribution >= 4 is 16.6 Å². The first-order valence-electron chi connectivity index (χ1n) is 5.50. The van der Waals surface area contributed by atoms with Gasteiger partial charge in [0.15, 0.2) is 0 Å². The largest absolute Gasteiger partial charge is 0.295 e. The fourth-order valence-electron chi connectivity index (χ4n) is 1.74. The van der Waals surface area contributed by atoms with Crippen LogP contribution in [0.2, 0.25) is 0 Å². The Morgan fingerprint density at radius 2 is 2.24 bits per heavy atom. The molecule has 0 unspecified atom stereocenters. The molecule has 2 aromatic rings. The maximum atomic E-state index is 11.9. The van der Waals surface area contributed by atoms with E-state index in [0.717, 1.165) is 12.8 Å². The van der Waals surface area contributed by atoms with Gasteiger partial charge in [-0.3, -0.25) is 24.7 Å². The molecule has 0 saturated heterocycles. The molecule has 0 radical (unpaired) electrons. The molecule has 1 aromatic carbocycles. The fraction of sp³-hybridized carbons (Fsp3) is 0.364. The van der Waals surface area contributed by atoms with Gasteiger partial charge < -0.3 is 0 Å². The number of hydrogen-bond donors (Lipinski definition) is 1. The van der Waals surface area contributed by atoms with E-state index in [-0.39, 0.29) is 11.2 Å². The lowest BCUT2D eigenvalue weighted by Crippen LogP contribution is -2.16. The van der Waals surface area contributed by atoms with Gasteiger partial charge in [0.05, 0.1) is 15.8 Å². The SMILES string of the molecule is CCCCn1[nH]c2ccc([N+](=O)[O-])cc2c1=O. The van der Waals surface area contributed by atoms with Gasteiger partial charge in [-0.05, 0) is 12.5 Å². The van der Waals surface area contributed by atoms with E-state index in [1.807, 2.05) is 6.92 Å². The summed E-state index contributed by atoms with van der Waals surface area (Å²) in [7, 11) is 0. The van der Waals surface area contributed by atoms with Gasteiger partial charge in [0.2, 0.25) is 0 Å². The summed E-state index contributed by atoms with van der Waals surface area (Å²) in [6.45, 7) is 2.65. The summed E-state index contributed by atoms with van der Waals surface area (Å²) in [5, 5.41) is 13.9. The van der Waals surface area contributed by atoms with E-state index in [1.165, 1.54) is 16.8 Å². The summed E-state index contributed by atoms with van der Waals surface area (Å²) in [4.78, 5) is 22.0. The lowest BCUT2D eigenvalue weighted by atomic mass is 10.2. The molecule has 2 rings (SSSR count). The minimum Gasteiger partial charge on any atom is -0.295 e. The van der Waals surface area contributed by atoms with Crippen molar-refractivity contribution in [1.82, 2.24) is 9.78 Å². The average molecular weight is 235 g/mol. The molecule has 1 heterocycles. The number of fused-ring (bicyclic) bond motifs is 1. The van der Waals surface area contributed by atoms with Gasteiger partial charge in [0.1, 0.15) is 0 Å². The zero-order chi connectivity index (χ0) is 12.4. The Balaban J connectivity index is 2.51. The summed E-state index contributed by atoms with van der Waals surface area (Å²) in [6.07, 6.45) is 1.89. The molecular formula is C11H13N3O3. The van der Waals surface area contributed by atoms with Crippen LogP contribution in [0, 0.1) is 10.1 Å².